The topological polar surface area (TPSA) is 26.3 Å². The van der Waals surface area contributed by atoms with E-state index in [2.05, 4.69) is 31.2 Å². The summed E-state index contributed by atoms with van der Waals surface area (Å²) in [5.41, 5.74) is 2.25. The third kappa shape index (κ3) is 1.97. The minimum Gasteiger partial charge on any atom is -0.469 e. The van der Waals surface area contributed by atoms with Crippen LogP contribution in [0.1, 0.15) is 30.4 Å². The molecule has 1 aromatic rings. The van der Waals surface area contributed by atoms with Crippen LogP contribution in [0, 0.1) is 12.3 Å². The van der Waals surface area contributed by atoms with E-state index >= 15 is 0 Å². The Labute approximate surface area is 96.6 Å². The maximum absolute atomic E-state index is 11.8. The van der Waals surface area contributed by atoms with Crippen molar-refractivity contribution in [2.24, 2.45) is 5.41 Å². The van der Waals surface area contributed by atoms with Gasteiger partial charge in [-0.05, 0) is 31.7 Å². The molecule has 1 aliphatic carbocycles. The quantitative estimate of drug-likeness (QED) is 0.729. The first-order chi connectivity index (χ1) is 7.66. The fourth-order valence-electron chi connectivity index (χ4n) is 2.37. The Morgan fingerprint density at radius 3 is 2.38 bits per heavy atom. The first-order valence-corrected chi connectivity index (χ1v) is 5.80. The summed E-state index contributed by atoms with van der Waals surface area (Å²) < 4.78 is 4.91. The monoisotopic (exact) mass is 218 g/mol. The summed E-state index contributed by atoms with van der Waals surface area (Å²) in [7, 11) is 1.48. The molecule has 86 valence electrons. The molecule has 1 aliphatic rings. The maximum Gasteiger partial charge on any atom is 0.312 e. The van der Waals surface area contributed by atoms with Crippen LogP contribution in [0.25, 0.3) is 0 Å². The number of rotatable bonds is 3. The van der Waals surface area contributed by atoms with Gasteiger partial charge in [0.1, 0.15) is 0 Å². The smallest absolute Gasteiger partial charge is 0.312 e. The minimum absolute atomic E-state index is 0.0423. The van der Waals surface area contributed by atoms with Crippen molar-refractivity contribution >= 4 is 5.97 Å². The van der Waals surface area contributed by atoms with Crippen molar-refractivity contribution in [3.63, 3.8) is 0 Å². The molecule has 0 spiro atoms. The molecule has 1 fully saturated rings. The molecule has 0 saturated heterocycles. The summed E-state index contributed by atoms with van der Waals surface area (Å²) in [4.78, 5) is 11.8. The Morgan fingerprint density at radius 1 is 1.31 bits per heavy atom. The van der Waals surface area contributed by atoms with Gasteiger partial charge in [-0.15, -0.1) is 0 Å². The molecular formula is C14H18O2. The number of benzene rings is 1. The lowest BCUT2D eigenvalue weighted by atomic mass is 9.65. The summed E-state index contributed by atoms with van der Waals surface area (Å²) in [6, 6.07) is 8.41. The van der Waals surface area contributed by atoms with Crippen molar-refractivity contribution in [3.8, 4) is 0 Å². The molecule has 1 saturated carbocycles. The summed E-state index contributed by atoms with van der Waals surface area (Å²) in [6.45, 7) is 2.07. The number of esters is 1. The number of hydrogen-bond acceptors (Lipinski definition) is 2. The van der Waals surface area contributed by atoms with Crippen LogP contribution in [0.4, 0.5) is 0 Å². The number of carbonyl (C=O) groups is 1. The van der Waals surface area contributed by atoms with Gasteiger partial charge < -0.3 is 4.74 Å². The van der Waals surface area contributed by atoms with Gasteiger partial charge in [0.25, 0.3) is 0 Å². The molecule has 0 atom stereocenters. The lowest BCUT2D eigenvalue weighted by Gasteiger charge is -2.39. The zero-order chi connectivity index (χ0) is 11.6. The zero-order valence-electron chi connectivity index (χ0n) is 9.95. The molecule has 0 heterocycles. The van der Waals surface area contributed by atoms with Gasteiger partial charge in [-0.1, -0.05) is 36.2 Å². The lowest BCUT2D eigenvalue weighted by molar-refractivity contribution is -0.158. The Balaban J connectivity index is 2.13. The van der Waals surface area contributed by atoms with Gasteiger partial charge in [-0.2, -0.15) is 0 Å². The van der Waals surface area contributed by atoms with Gasteiger partial charge >= 0.3 is 5.97 Å². The molecule has 2 nitrogen and oxygen atoms in total. The fraction of sp³-hybridized carbons (Fsp3) is 0.500. The van der Waals surface area contributed by atoms with Crippen LogP contribution in [0.3, 0.4) is 0 Å². The third-order valence-electron chi connectivity index (χ3n) is 3.59. The van der Waals surface area contributed by atoms with Gasteiger partial charge in [0.05, 0.1) is 12.5 Å². The second-order valence-corrected chi connectivity index (χ2v) is 4.79. The first kappa shape index (κ1) is 11.2. The van der Waals surface area contributed by atoms with E-state index in [9.17, 15) is 4.79 Å². The van der Waals surface area contributed by atoms with E-state index < -0.39 is 0 Å². The molecule has 0 N–H and O–H groups in total. The molecule has 2 heteroatoms. The van der Waals surface area contributed by atoms with Crippen molar-refractivity contribution in [2.75, 3.05) is 7.11 Å². The van der Waals surface area contributed by atoms with Crippen LogP contribution in [0.15, 0.2) is 24.3 Å². The van der Waals surface area contributed by atoms with E-state index in [0.717, 1.165) is 25.7 Å². The van der Waals surface area contributed by atoms with Crippen molar-refractivity contribution in [1.82, 2.24) is 0 Å². The van der Waals surface area contributed by atoms with E-state index in [1.165, 1.54) is 18.2 Å². The van der Waals surface area contributed by atoms with Crippen molar-refractivity contribution < 1.29 is 9.53 Å². The molecule has 2 rings (SSSR count). The molecular weight excluding hydrogens is 200 g/mol. The molecule has 0 unspecified atom stereocenters. The number of methoxy groups -OCH3 is 1. The molecule has 0 radical (unpaired) electrons. The molecule has 1 aromatic carbocycles. The van der Waals surface area contributed by atoms with E-state index in [1.54, 1.807) is 0 Å². The normalized spacial score (nSPS) is 17.6. The van der Waals surface area contributed by atoms with Crippen LogP contribution in [0.5, 0.6) is 0 Å². The predicted molar refractivity (Wildman–Crippen MR) is 63.2 cm³/mol. The van der Waals surface area contributed by atoms with Crippen LogP contribution in [-0.4, -0.2) is 13.1 Å². The Kier molecular flexibility index (Phi) is 2.99. The Bertz CT molecular complexity index is 374. The van der Waals surface area contributed by atoms with Crippen LogP contribution in [0.2, 0.25) is 0 Å². The number of aryl methyl sites for hydroxylation is 1. The number of hydrogen-bond donors (Lipinski definition) is 0. The largest absolute Gasteiger partial charge is 0.469 e. The van der Waals surface area contributed by atoms with Crippen LogP contribution >= 0.6 is 0 Å². The average molecular weight is 218 g/mol. The highest BCUT2D eigenvalue weighted by atomic mass is 16.5. The highest BCUT2D eigenvalue weighted by molar-refractivity contribution is 5.78. The summed E-state index contributed by atoms with van der Waals surface area (Å²) in [5, 5.41) is 0. The van der Waals surface area contributed by atoms with Gasteiger partial charge in [0, 0.05) is 0 Å². The number of carbonyl (C=O) groups excluding carboxylic acids is 1. The average Bonchev–Trinajstić information content (AvgIpc) is 2.25. The summed E-state index contributed by atoms with van der Waals surface area (Å²) in [6.07, 6.45) is 3.89. The van der Waals surface area contributed by atoms with Gasteiger partial charge in [0.15, 0.2) is 0 Å². The highest BCUT2D eigenvalue weighted by Crippen LogP contribution is 2.44. The predicted octanol–water partition coefficient (Wildman–Crippen LogP) is 2.88. The van der Waals surface area contributed by atoms with E-state index in [1.807, 2.05) is 0 Å². The van der Waals surface area contributed by atoms with Crippen LogP contribution in [-0.2, 0) is 16.0 Å². The standard InChI is InChI=1S/C14H18O2/c1-11-4-6-12(7-5-11)10-14(8-3-9-14)13(15)16-2/h4-7H,3,8-10H2,1-2H3. The Hall–Kier alpha value is -1.31. The summed E-state index contributed by atoms with van der Waals surface area (Å²) in [5.74, 6) is -0.0423. The number of ether oxygens (including phenoxy) is 1. The molecule has 0 amide bonds. The van der Waals surface area contributed by atoms with E-state index in [0.29, 0.717) is 0 Å². The summed E-state index contributed by atoms with van der Waals surface area (Å²) >= 11 is 0. The second kappa shape index (κ2) is 4.28. The molecule has 0 aromatic heterocycles. The minimum atomic E-state index is -0.232. The third-order valence-corrected chi connectivity index (χ3v) is 3.59. The maximum atomic E-state index is 11.8. The van der Waals surface area contributed by atoms with Gasteiger partial charge in [0.2, 0.25) is 0 Å². The van der Waals surface area contributed by atoms with Crippen molar-refractivity contribution in [3.05, 3.63) is 35.4 Å². The van der Waals surface area contributed by atoms with E-state index in [-0.39, 0.29) is 11.4 Å². The second-order valence-electron chi connectivity index (χ2n) is 4.79. The van der Waals surface area contributed by atoms with Gasteiger partial charge in [-0.25, -0.2) is 0 Å². The SMILES string of the molecule is COC(=O)C1(Cc2ccc(C)cc2)CCC1. The first-order valence-electron chi connectivity index (χ1n) is 5.80. The van der Waals surface area contributed by atoms with Crippen molar-refractivity contribution in [2.45, 2.75) is 32.6 Å². The molecule has 0 aliphatic heterocycles. The van der Waals surface area contributed by atoms with Gasteiger partial charge in [-0.3, -0.25) is 4.79 Å². The lowest BCUT2D eigenvalue weighted by Crippen LogP contribution is -2.40. The molecule has 16 heavy (non-hydrogen) atoms. The molecule has 0 bridgehead atoms. The highest BCUT2D eigenvalue weighted by Gasteiger charge is 2.44. The van der Waals surface area contributed by atoms with E-state index in [4.69, 9.17) is 4.74 Å². The fourth-order valence-corrected chi connectivity index (χ4v) is 2.37. The van der Waals surface area contributed by atoms with Crippen LogP contribution < -0.4 is 0 Å². The van der Waals surface area contributed by atoms with Crippen molar-refractivity contribution in [1.29, 1.82) is 0 Å². The zero-order valence-corrected chi connectivity index (χ0v) is 9.95. The Morgan fingerprint density at radius 2 is 1.94 bits per heavy atom.